The van der Waals surface area contributed by atoms with Crippen molar-refractivity contribution in [3.8, 4) is 0 Å². The lowest BCUT2D eigenvalue weighted by atomic mass is 10.1. The number of hydrogen-bond acceptors (Lipinski definition) is 4. The van der Waals surface area contributed by atoms with Crippen molar-refractivity contribution >= 4 is 21.6 Å². The zero-order chi connectivity index (χ0) is 17.0. The summed E-state index contributed by atoms with van der Waals surface area (Å²) in [6.07, 6.45) is 0.479. The molecule has 1 unspecified atom stereocenters. The van der Waals surface area contributed by atoms with Crippen molar-refractivity contribution in [2.24, 2.45) is 0 Å². The predicted molar refractivity (Wildman–Crippen MR) is 90.6 cm³/mol. The van der Waals surface area contributed by atoms with Crippen molar-refractivity contribution in [3.63, 3.8) is 0 Å². The van der Waals surface area contributed by atoms with Crippen molar-refractivity contribution in [3.05, 3.63) is 29.3 Å². The Morgan fingerprint density at radius 3 is 2.65 bits per heavy atom. The monoisotopic (exact) mass is 340 g/mol. The summed E-state index contributed by atoms with van der Waals surface area (Å²) in [6.45, 7) is 4.73. The Hall–Kier alpha value is -1.60. The van der Waals surface area contributed by atoms with Crippen LogP contribution in [-0.4, -0.2) is 57.2 Å². The number of hydrogen-bond donors (Lipinski definition) is 1. The fraction of sp³-hybridized carbons (Fsp3) is 0.562. The van der Waals surface area contributed by atoms with Crippen LogP contribution in [0.4, 0.5) is 10.5 Å². The molecule has 1 N–H and O–H groups in total. The molecule has 1 saturated heterocycles. The summed E-state index contributed by atoms with van der Waals surface area (Å²) in [7, 11) is -1.49. The van der Waals surface area contributed by atoms with Crippen LogP contribution in [-0.2, 0) is 14.6 Å². The second-order valence-corrected chi connectivity index (χ2v) is 8.20. The smallest absolute Gasteiger partial charge is 0.322 e. The number of carbonyl (C=O) groups excluding carboxylic acids is 1. The Balaban J connectivity index is 2.11. The molecule has 0 saturated carbocycles. The van der Waals surface area contributed by atoms with Gasteiger partial charge in [0.2, 0.25) is 0 Å². The van der Waals surface area contributed by atoms with Crippen LogP contribution < -0.4 is 5.32 Å². The van der Waals surface area contributed by atoms with E-state index in [-0.39, 0.29) is 23.6 Å². The van der Waals surface area contributed by atoms with Gasteiger partial charge in [0.1, 0.15) is 0 Å². The Labute approximate surface area is 137 Å². The van der Waals surface area contributed by atoms with Crippen LogP contribution >= 0.6 is 0 Å². The van der Waals surface area contributed by atoms with E-state index in [0.717, 1.165) is 11.1 Å². The molecular weight excluding hydrogens is 316 g/mol. The molecule has 1 aliphatic heterocycles. The van der Waals surface area contributed by atoms with Gasteiger partial charge >= 0.3 is 6.03 Å². The molecule has 2 rings (SSSR count). The molecule has 128 valence electrons. The minimum absolute atomic E-state index is 0.0249. The Bertz CT molecular complexity index is 673. The number of ether oxygens (including phenoxy) is 1. The minimum Gasteiger partial charge on any atom is -0.383 e. The first kappa shape index (κ1) is 17.7. The summed E-state index contributed by atoms with van der Waals surface area (Å²) < 4.78 is 28.4. The van der Waals surface area contributed by atoms with Crippen LogP contribution in [0.5, 0.6) is 0 Å². The van der Waals surface area contributed by atoms with E-state index < -0.39 is 9.84 Å². The van der Waals surface area contributed by atoms with Gasteiger partial charge in [-0.1, -0.05) is 6.07 Å². The summed E-state index contributed by atoms with van der Waals surface area (Å²) in [5.41, 5.74) is 2.96. The largest absolute Gasteiger partial charge is 0.383 e. The first-order valence-electron chi connectivity index (χ1n) is 7.66. The van der Waals surface area contributed by atoms with Gasteiger partial charge in [-0.25, -0.2) is 13.2 Å². The lowest BCUT2D eigenvalue weighted by molar-refractivity contribution is 0.140. The number of sulfone groups is 1. The molecule has 0 aliphatic carbocycles. The van der Waals surface area contributed by atoms with Gasteiger partial charge in [0.05, 0.1) is 18.1 Å². The van der Waals surface area contributed by atoms with Crippen LogP contribution in [0.2, 0.25) is 0 Å². The predicted octanol–water partition coefficient (Wildman–Crippen LogP) is 1.97. The SMILES string of the molecule is COCCN(C(=O)Nc1ccc(C)c(C)c1)C1CCS(=O)(=O)C1. The molecule has 1 aromatic rings. The number of urea groups is 1. The maximum atomic E-state index is 12.6. The Morgan fingerprint density at radius 1 is 1.35 bits per heavy atom. The third kappa shape index (κ3) is 4.68. The highest BCUT2D eigenvalue weighted by Gasteiger charge is 2.34. The average molecular weight is 340 g/mol. The van der Waals surface area contributed by atoms with E-state index in [0.29, 0.717) is 25.3 Å². The first-order valence-corrected chi connectivity index (χ1v) is 9.49. The number of nitrogens with one attached hydrogen (secondary N) is 1. The van der Waals surface area contributed by atoms with Crippen LogP contribution in [0.15, 0.2) is 18.2 Å². The first-order chi connectivity index (χ1) is 10.8. The van der Waals surface area contributed by atoms with E-state index in [1.54, 1.807) is 12.0 Å². The quantitative estimate of drug-likeness (QED) is 0.889. The number of amides is 2. The van der Waals surface area contributed by atoms with Gasteiger partial charge in [0.15, 0.2) is 9.84 Å². The van der Waals surface area contributed by atoms with Gasteiger partial charge in [-0.15, -0.1) is 0 Å². The highest BCUT2D eigenvalue weighted by Crippen LogP contribution is 2.20. The molecule has 23 heavy (non-hydrogen) atoms. The lowest BCUT2D eigenvalue weighted by Crippen LogP contribution is -2.45. The summed E-state index contributed by atoms with van der Waals surface area (Å²) in [5.74, 6) is 0.162. The third-order valence-electron chi connectivity index (χ3n) is 4.20. The van der Waals surface area contributed by atoms with E-state index in [2.05, 4.69) is 5.32 Å². The Morgan fingerprint density at radius 2 is 2.09 bits per heavy atom. The van der Waals surface area contributed by atoms with Gasteiger partial charge in [0, 0.05) is 25.4 Å². The summed E-state index contributed by atoms with van der Waals surface area (Å²) in [6, 6.07) is 5.13. The third-order valence-corrected chi connectivity index (χ3v) is 5.95. The van der Waals surface area contributed by atoms with Crippen LogP contribution in [0.25, 0.3) is 0 Å². The standard InChI is InChI=1S/C16H24N2O4S/c1-12-4-5-14(10-13(12)2)17-16(19)18(7-8-22-3)15-6-9-23(20,21)11-15/h4-5,10,15H,6-9,11H2,1-3H3,(H,17,19). The minimum atomic E-state index is -3.05. The normalized spacial score (nSPS) is 19.5. The van der Waals surface area contributed by atoms with Gasteiger partial charge in [-0.05, 0) is 43.5 Å². The molecule has 1 fully saturated rings. The number of benzene rings is 1. The fourth-order valence-electron chi connectivity index (χ4n) is 2.68. The van der Waals surface area contributed by atoms with Gasteiger partial charge in [-0.3, -0.25) is 0 Å². The molecule has 0 aromatic heterocycles. The molecule has 0 radical (unpaired) electrons. The van der Waals surface area contributed by atoms with E-state index >= 15 is 0 Å². The molecule has 1 aliphatic rings. The molecule has 0 bridgehead atoms. The maximum absolute atomic E-state index is 12.6. The van der Waals surface area contributed by atoms with Crippen molar-refractivity contribution in [2.75, 3.05) is 37.1 Å². The molecule has 7 heteroatoms. The lowest BCUT2D eigenvalue weighted by Gasteiger charge is -2.28. The highest BCUT2D eigenvalue weighted by molar-refractivity contribution is 7.91. The van der Waals surface area contributed by atoms with Crippen LogP contribution in [0, 0.1) is 13.8 Å². The van der Waals surface area contributed by atoms with Gasteiger partial charge in [0.25, 0.3) is 0 Å². The van der Waals surface area contributed by atoms with Crippen molar-refractivity contribution in [2.45, 2.75) is 26.3 Å². The van der Waals surface area contributed by atoms with Crippen molar-refractivity contribution < 1.29 is 17.9 Å². The number of aryl methyl sites for hydroxylation is 2. The maximum Gasteiger partial charge on any atom is 0.322 e. The van der Waals surface area contributed by atoms with Gasteiger partial charge < -0.3 is 15.0 Å². The van der Waals surface area contributed by atoms with E-state index in [1.165, 1.54) is 0 Å². The number of rotatable bonds is 5. The van der Waals surface area contributed by atoms with E-state index in [1.807, 2.05) is 32.0 Å². The van der Waals surface area contributed by atoms with E-state index in [4.69, 9.17) is 4.74 Å². The molecule has 0 spiro atoms. The number of carbonyl (C=O) groups is 1. The second kappa shape index (κ2) is 7.31. The molecule has 1 aromatic carbocycles. The van der Waals surface area contributed by atoms with Crippen molar-refractivity contribution in [1.82, 2.24) is 4.90 Å². The van der Waals surface area contributed by atoms with Gasteiger partial charge in [-0.2, -0.15) is 0 Å². The molecule has 2 amide bonds. The zero-order valence-electron chi connectivity index (χ0n) is 13.8. The fourth-order valence-corrected chi connectivity index (χ4v) is 4.41. The summed E-state index contributed by atoms with van der Waals surface area (Å²) in [4.78, 5) is 14.1. The van der Waals surface area contributed by atoms with E-state index in [9.17, 15) is 13.2 Å². The average Bonchev–Trinajstić information content (AvgIpc) is 2.83. The summed E-state index contributed by atoms with van der Waals surface area (Å²) >= 11 is 0. The molecule has 1 heterocycles. The van der Waals surface area contributed by atoms with Crippen molar-refractivity contribution in [1.29, 1.82) is 0 Å². The second-order valence-electron chi connectivity index (χ2n) is 5.97. The molecule has 6 nitrogen and oxygen atoms in total. The topological polar surface area (TPSA) is 75.7 Å². The molecule has 1 atom stereocenters. The number of methoxy groups -OCH3 is 1. The number of nitrogens with zero attached hydrogens (tertiary/aromatic N) is 1. The Kier molecular flexibility index (Phi) is 5.64. The summed E-state index contributed by atoms with van der Waals surface area (Å²) in [5, 5.41) is 2.86. The van der Waals surface area contributed by atoms with Crippen LogP contribution in [0.1, 0.15) is 17.5 Å². The van der Waals surface area contributed by atoms with Crippen LogP contribution in [0.3, 0.4) is 0 Å². The number of anilines is 1. The zero-order valence-corrected chi connectivity index (χ0v) is 14.6. The highest BCUT2D eigenvalue weighted by atomic mass is 32.2. The molecular formula is C16H24N2O4S.